The summed E-state index contributed by atoms with van der Waals surface area (Å²) in [6.07, 6.45) is -1.78. The molecule has 11 heteroatoms. The first kappa shape index (κ1) is 30.3. The first-order valence-corrected chi connectivity index (χ1v) is 14.5. The molecule has 2 aromatic carbocycles. The lowest BCUT2D eigenvalue weighted by Gasteiger charge is -2.47. The Balaban J connectivity index is 1.13. The van der Waals surface area contributed by atoms with E-state index in [1.807, 2.05) is 4.90 Å². The lowest BCUT2D eigenvalue weighted by molar-refractivity contribution is -0.256. The quantitative estimate of drug-likeness (QED) is 0.384. The Morgan fingerprint density at radius 2 is 1.48 bits per heavy atom. The van der Waals surface area contributed by atoms with E-state index in [1.165, 1.54) is 36.1 Å². The third-order valence-electron chi connectivity index (χ3n) is 9.10. The van der Waals surface area contributed by atoms with Gasteiger partial charge in [-0.05, 0) is 80.1 Å². The summed E-state index contributed by atoms with van der Waals surface area (Å²) < 4.78 is 76.2. The molecule has 1 aliphatic carbocycles. The molecule has 0 aromatic heterocycles. The number of carbonyl (C=O) groups is 2. The maximum Gasteiger partial charge on any atom is 0.395 e. The van der Waals surface area contributed by atoms with Crippen LogP contribution in [0, 0.1) is 23.0 Å². The molecule has 228 valence electrons. The Bertz CT molecular complexity index is 1300. The van der Waals surface area contributed by atoms with Crippen LogP contribution in [0.25, 0.3) is 11.1 Å². The third-order valence-corrected chi connectivity index (χ3v) is 9.10. The van der Waals surface area contributed by atoms with Gasteiger partial charge in [-0.1, -0.05) is 18.6 Å². The van der Waals surface area contributed by atoms with Crippen LogP contribution in [0.2, 0.25) is 0 Å². The molecule has 2 amide bonds. The molecule has 2 aliphatic heterocycles. The number of hydrogen-bond donors (Lipinski definition) is 0. The molecule has 2 saturated heterocycles. The molecule has 0 bridgehead atoms. The van der Waals surface area contributed by atoms with E-state index in [0.717, 1.165) is 0 Å². The second kappa shape index (κ2) is 12.2. The van der Waals surface area contributed by atoms with E-state index in [4.69, 9.17) is 4.74 Å². The van der Waals surface area contributed by atoms with Crippen LogP contribution in [0.4, 0.5) is 22.0 Å². The first-order chi connectivity index (χ1) is 20.0. The molecule has 0 atom stereocenters. The highest BCUT2D eigenvalue weighted by molar-refractivity contribution is 5.95. The number of piperazine rings is 1. The van der Waals surface area contributed by atoms with Gasteiger partial charge in [0.2, 0.25) is 5.91 Å². The smallest absolute Gasteiger partial charge is 0.395 e. The van der Waals surface area contributed by atoms with Crippen molar-refractivity contribution in [3.63, 3.8) is 0 Å². The number of rotatable bonds is 7. The summed E-state index contributed by atoms with van der Waals surface area (Å²) in [6.45, 7) is 4.35. The molecule has 2 heterocycles. The number of likely N-dealkylation sites (tertiary alicyclic amines) is 1. The van der Waals surface area contributed by atoms with Crippen LogP contribution in [0.3, 0.4) is 0 Å². The number of hydrogen-bond acceptors (Lipinski definition) is 4. The number of carbonyl (C=O) groups excluding carboxylic acids is 2. The normalized spacial score (nSPS) is 19.9. The molecule has 0 radical (unpaired) electrons. The minimum absolute atomic E-state index is 0.0496. The van der Waals surface area contributed by atoms with E-state index >= 15 is 0 Å². The Labute approximate surface area is 242 Å². The van der Waals surface area contributed by atoms with Crippen molar-refractivity contribution in [1.82, 2.24) is 14.7 Å². The minimum Gasteiger partial charge on any atom is -0.490 e. The summed E-state index contributed by atoms with van der Waals surface area (Å²) in [5, 5.41) is 0. The van der Waals surface area contributed by atoms with Crippen LogP contribution in [0.1, 0.15) is 49.4 Å². The predicted molar refractivity (Wildman–Crippen MR) is 147 cm³/mol. The summed E-state index contributed by atoms with van der Waals surface area (Å²) in [7, 11) is 0. The molecule has 0 spiro atoms. The monoisotopic (exact) mass is 593 g/mol. The van der Waals surface area contributed by atoms with Crippen molar-refractivity contribution < 1.29 is 36.3 Å². The van der Waals surface area contributed by atoms with Gasteiger partial charge in [-0.15, -0.1) is 0 Å². The summed E-state index contributed by atoms with van der Waals surface area (Å²) in [5.41, 5.74) is -0.808. The first-order valence-electron chi connectivity index (χ1n) is 14.5. The number of halogens is 5. The van der Waals surface area contributed by atoms with Crippen LogP contribution < -0.4 is 4.74 Å². The Morgan fingerprint density at radius 3 is 2.00 bits per heavy atom. The number of ether oxygens (including phenoxy) is 1. The predicted octanol–water partition coefficient (Wildman–Crippen LogP) is 5.76. The Hall–Kier alpha value is -3.21. The second-order valence-electron chi connectivity index (χ2n) is 11.8. The topological polar surface area (TPSA) is 53.1 Å². The lowest BCUT2D eigenvalue weighted by Crippen LogP contribution is -2.53. The van der Waals surface area contributed by atoms with Gasteiger partial charge in [0.05, 0.1) is 17.6 Å². The average Bonchev–Trinajstić information content (AvgIpc) is 2.94. The fourth-order valence-electron chi connectivity index (χ4n) is 6.14. The molecule has 6 nitrogen and oxygen atoms in total. The average molecular weight is 594 g/mol. The Kier molecular flexibility index (Phi) is 8.78. The van der Waals surface area contributed by atoms with Gasteiger partial charge >= 0.3 is 6.18 Å². The molecule has 5 rings (SSSR count). The fourth-order valence-corrected chi connectivity index (χ4v) is 6.14. The van der Waals surface area contributed by atoms with Gasteiger partial charge in [-0.25, -0.2) is 8.78 Å². The number of amides is 2. The second-order valence-corrected chi connectivity index (χ2v) is 11.8. The summed E-state index contributed by atoms with van der Waals surface area (Å²) in [4.78, 5) is 29.4. The maximum absolute atomic E-state index is 15.0. The van der Waals surface area contributed by atoms with E-state index in [9.17, 15) is 31.5 Å². The van der Waals surface area contributed by atoms with E-state index in [0.29, 0.717) is 69.7 Å². The molecule has 3 fully saturated rings. The number of piperidine rings is 1. The van der Waals surface area contributed by atoms with Crippen molar-refractivity contribution in [2.45, 2.75) is 45.2 Å². The number of alkyl halides is 3. The zero-order valence-corrected chi connectivity index (χ0v) is 23.7. The van der Waals surface area contributed by atoms with Crippen LogP contribution >= 0.6 is 0 Å². The van der Waals surface area contributed by atoms with Crippen molar-refractivity contribution in [2.24, 2.45) is 11.3 Å². The van der Waals surface area contributed by atoms with Crippen molar-refractivity contribution in [3.05, 3.63) is 53.6 Å². The third kappa shape index (κ3) is 6.40. The largest absolute Gasteiger partial charge is 0.490 e. The van der Waals surface area contributed by atoms with E-state index < -0.39 is 29.1 Å². The molecule has 42 heavy (non-hydrogen) atoms. The van der Waals surface area contributed by atoms with Crippen molar-refractivity contribution in [1.29, 1.82) is 0 Å². The zero-order valence-electron chi connectivity index (χ0n) is 23.7. The van der Waals surface area contributed by atoms with Gasteiger partial charge in [0.1, 0.15) is 5.82 Å². The van der Waals surface area contributed by atoms with Crippen molar-refractivity contribution in [2.75, 3.05) is 52.4 Å². The number of nitrogens with zero attached hydrogens (tertiary/aromatic N) is 3. The van der Waals surface area contributed by atoms with Crippen LogP contribution in [-0.4, -0.2) is 85.1 Å². The van der Waals surface area contributed by atoms with Crippen molar-refractivity contribution in [3.8, 4) is 16.9 Å². The highest BCUT2D eigenvalue weighted by Crippen LogP contribution is 2.53. The molecule has 2 aromatic rings. The highest BCUT2D eigenvalue weighted by Gasteiger charge is 2.58. The summed E-state index contributed by atoms with van der Waals surface area (Å²) in [6, 6.07) is 8.51. The van der Waals surface area contributed by atoms with Gasteiger partial charge in [-0.2, -0.15) is 13.2 Å². The Morgan fingerprint density at radius 1 is 0.881 bits per heavy atom. The SMILES string of the molecule is CC(=O)N1CCN(C(=O)c2ccc(-c3ccc(OCC4CCN(CC5(C(F)(F)F)CCC5)CC4)c(F)c3)cc2F)CC1. The summed E-state index contributed by atoms with van der Waals surface area (Å²) >= 11 is 0. The molecule has 1 saturated carbocycles. The van der Waals surface area contributed by atoms with Gasteiger partial charge in [0.25, 0.3) is 5.91 Å². The van der Waals surface area contributed by atoms with Crippen LogP contribution in [-0.2, 0) is 4.79 Å². The molecular formula is C31H36F5N3O3. The standard InChI is InChI=1S/C31H36F5N3O3/c1-21(40)38-13-15-39(16-14-38)29(41)25-5-3-23(17-26(25)32)24-4-6-28(27(33)18-24)42-19-22-7-11-37(12-8-22)20-30(9-2-10-30)31(34,35)36/h3-6,17-18,22H,2,7-16,19-20H2,1H3. The molecule has 0 unspecified atom stereocenters. The van der Waals surface area contributed by atoms with E-state index in [1.54, 1.807) is 17.0 Å². The minimum atomic E-state index is -4.17. The molecule has 3 aliphatic rings. The number of benzene rings is 2. The van der Waals surface area contributed by atoms with Crippen LogP contribution in [0.15, 0.2) is 36.4 Å². The van der Waals surface area contributed by atoms with Crippen molar-refractivity contribution >= 4 is 11.8 Å². The van der Waals surface area contributed by atoms with Gasteiger partial charge < -0.3 is 19.4 Å². The van der Waals surface area contributed by atoms with Gasteiger partial charge in [0, 0.05) is 39.6 Å². The molecule has 0 N–H and O–H groups in total. The van der Waals surface area contributed by atoms with E-state index in [-0.39, 0.29) is 49.1 Å². The van der Waals surface area contributed by atoms with Gasteiger partial charge in [-0.3, -0.25) is 9.59 Å². The summed E-state index contributed by atoms with van der Waals surface area (Å²) in [5.74, 6) is -1.66. The van der Waals surface area contributed by atoms with Crippen LogP contribution in [0.5, 0.6) is 5.75 Å². The zero-order chi connectivity index (χ0) is 30.1. The maximum atomic E-state index is 15.0. The van der Waals surface area contributed by atoms with E-state index in [2.05, 4.69) is 0 Å². The molecular weight excluding hydrogens is 557 g/mol. The fraction of sp³-hybridized carbons (Fsp3) is 0.548. The van der Waals surface area contributed by atoms with Gasteiger partial charge in [0.15, 0.2) is 11.6 Å². The highest BCUT2D eigenvalue weighted by atomic mass is 19.4. The lowest BCUT2D eigenvalue weighted by atomic mass is 9.67.